The maximum absolute atomic E-state index is 14.5. The quantitative estimate of drug-likeness (QED) is 0.411. The Kier molecular flexibility index (Phi) is 8.38. The van der Waals surface area contributed by atoms with E-state index in [0.717, 1.165) is 11.1 Å². The second-order valence-corrected chi connectivity index (χ2v) is 11.8. The van der Waals surface area contributed by atoms with Gasteiger partial charge in [-0.1, -0.05) is 69.3 Å². The van der Waals surface area contributed by atoms with Gasteiger partial charge in [-0.2, -0.15) is 0 Å². The first-order valence-electron chi connectivity index (χ1n) is 14.2. The largest absolute Gasteiger partial charge is 0.445 e. The van der Waals surface area contributed by atoms with Gasteiger partial charge in [0.05, 0.1) is 13.1 Å². The van der Waals surface area contributed by atoms with Crippen LogP contribution in [0.5, 0.6) is 0 Å². The van der Waals surface area contributed by atoms with Crippen LogP contribution in [0, 0.1) is 0 Å². The fourth-order valence-corrected chi connectivity index (χ4v) is 5.38. The van der Waals surface area contributed by atoms with E-state index in [1.807, 2.05) is 54.6 Å². The summed E-state index contributed by atoms with van der Waals surface area (Å²) in [6.45, 7) is 6.77. The van der Waals surface area contributed by atoms with Crippen LogP contribution in [0.4, 0.5) is 10.5 Å². The Hall–Kier alpha value is -4.53. The molecule has 9 heteroatoms. The maximum Gasteiger partial charge on any atom is 0.410 e. The molecule has 2 aromatic carbocycles. The minimum Gasteiger partial charge on any atom is -0.445 e. The van der Waals surface area contributed by atoms with E-state index in [9.17, 15) is 19.2 Å². The number of pyridine rings is 1. The highest BCUT2D eigenvalue weighted by molar-refractivity contribution is 6.07. The Morgan fingerprint density at radius 3 is 2.33 bits per heavy atom. The van der Waals surface area contributed by atoms with Gasteiger partial charge in [0.2, 0.25) is 0 Å². The van der Waals surface area contributed by atoms with Crippen molar-refractivity contribution in [2.45, 2.75) is 57.7 Å². The van der Waals surface area contributed by atoms with Crippen LogP contribution in [0.1, 0.15) is 56.3 Å². The number of carbonyl (C=O) groups is 4. The second kappa shape index (κ2) is 12.1. The van der Waals surface area contributed by atoms with E-state index in [0.29, 0.717) is 30.6 Å². The molecule has 0 spiro atoms. The smallest absolute Gasteiger partial charge is 0.410 e. The maximum atomic E-state index is 14.5. The van der Waals surface area contributed by atoms with Gasteiger partial charge in [-0.25, -0.2) is 4.79 Å². The van der Waals surface area contributed by atoms with Crippen LogP contribution in [0.25, 0.3) is 0 Å². The minimum absolute atomic E-state index is 0.00194. The molecule has 5 rings (SSSR count). The number of ether oxygens (including phenoxy) is 1. The first kappa shape index (κ1) is 29.0. The summed E-state index contributed by atoms with van der Waals surface area (Å²) >= 11 is 0. The number of carbonyl (C=O) groups excluding carboxylic acids is 4. The molecule has 2 saturated heterocycles. The van der Waals surface area contributed by atoms with Crippen LogP contribution < -0.4 is 4.90 Å². The lowest BCUT2D eigenvalue weighted by molar-refractivity contribution is -0.146. The number of anilines is 1. The average Bonchev–Trinajstić information content (AvgIpc) is 3.47. The van der Waals surface area contributed by atoms with Gasteiger partial charge in [-0.05, 0) is 47.6 Å². The summed E-state index contributed by atoms with van der Waals surface area (Å²) in [7, 11) is 0. The van der Waals surface area contributed by atoms with Crippen LogP contribution in [0.15, 0.2) is 79.1 Å². The molecular weight excluding hydrogens is 532 g/mol. The van der Waals surface area contributed by atoms with Gasteiger partial charge in [0.15, 0.2) is 5.78 Å². The first-order valence-corrected chi connectivity index (χ1v) is 14.2. The highest BCUT2D eigenvalue weighted by atomic mass is 16.6. The molecule has 0 aliphatic carbocycles. The number of amides is 3. The highest BCUT2D eigenvalue weighted by Crippen LogP contribution is 2.34. The number of nitrogens with zero attached hydrogens (tertiary/aromatic N) is 4. The van der Waals surface area contributed by atoms with E-state index in [4.69, 9.17) is 4.74 Å². The summed E-state index contributed by atoms with van der Waals surface area (Å²) in [4.78, 5) is 62.2. The van der Waals surface area contributed by atoms with Crippen molar-refractivity contribution >= 4 is 29.4 Å². The number of hydrogen-bond donors (Lipinski definition) is 0. The number of Topliss-reactive ketones (excluding diaryl/α,β-unsaturated/α-hetero) is 1. The molecule has 3 aromatic rings. The molecular formula is C33H36N4O5. The molecule has 42 heavy (non-hydrogen) atoms. The van der Waals surface area contributed by atoms with Crippen LogP contribution in [0.2, 0.25) is 0 Å². The van der Waals surface area contributed by atoms with Crippen molar-refractivity contribution in [3.8, 4) is 0 Å². The standard InChI is InChI=1S/C33H36N4O5/c1-33(2,3)25-13-15-26(16-14-25)37(29(24-11-7-17-34-19-24)31(40)35-20-27(38)21-35)30(39)28-12-8-18-36(28)32(41)42-22-23-9-5-4-6-10-23/h4-7,9-11,13-17,19,28-29H,8,12,18,20-22H2,1-3H3. The van der Waals surface area contributed by atoms with Crippen LogP contribution in [-0.4, -0.2) is 64.2 Å². The fourth-order valence-electron chi connectivity index (χ4n) is 5.38. The SMILES string of the molecule is CC(C)(C)c1ccc(N(C(=O)C2CCCN2C(=O)OCc2ccccc2)C(C(=O)N2CC(=O)C2)c2cccnc2)cc1. The van der Waals surface area contributed by atoms with E-state index in [-0.39, 0.29) is 42.7 Å². The Labute approximate surface area is 246 Å². The number of benzene rings is 2. The lowest BCUT2D eigenvalue weighted by Crippen LogP contribution is -2.57. The molecule has 0 N–H and O–H groups in total. The molecule has 1 aromatic heterocycles. The number of aromatic nitrogens is 1. The number of likely N-dealkylation sites (tertiary alicyclic amines) is 2. The minimum atomic E-state index is -1.07. The van der Waals surface area contributed by atoms with Crippen molar-refractivity contribution in [2.24, 2.45) is 0 Å². The van der Waals surface area contributed by atoms with Crippen LogP contribution in [-0.2, 0) is 31.1 Å². The lowest BCUT2D eigenvalue weighted by Gasteiger charge is -2.39. The molecule has 2 aliphatic heterocycles. The normalized spacial score (nSPS) is 17.4. The van der Waals surface area contributed by atoms with Crippen LogP contribution >= 0.6 is 0 Å². The van der Waals surface area contributed by atoms with Gasteiger partial charge >= 0.3 is 6.09 Å². The molecule has 0 bridgehead atoms. The van der Waals surface area contributed by atoms with Crippen molar-refractivity contribution in [1.29, 1.82) is 0 Å². The van der Waals surface area contributed by atoms with E-state index in [2.05, 4.69) is 25.8 Å². The molecule has 2 unspecified atom stereocenters. The molecule has 0 saturated carbocycles. The predicted molar refractivity (Wildman–Crippen MR) is 158 cm³/mol. The van der Waals surface area contributed by atoms with E-state index >= 15 is 0 Å². The zero-order chi connectivity index (χ0) is 29.9. The number of hydrogen-bond acceptors (Lipinski definition) is 6. The van der Waals surface area contributed by atoms with E-state index in [1.165, 1.54) is 14.7 Å². The molecule has 3 heterocycles. The van der Waals surface area contributed by atoms with Crippen LogP contribution in [0.3, 0.4) is 0 Å². The fraction of sp³-hybridized carbons (Fsp3) is 0.364. The average molecular weight is 569 g/mol. The predicted octanol–water partition coefficient (Wildman–Crippen LogP) is 4.67. The summed E-state index contributed by atoms with van der Waals surface area (Å²) in [5, 5.41) is 0. The molecule has 0 radical (unpaired) electrons. The molecule has 2 atom stereocenters. The first-order chi connectivity index (χ1) is 20.1. The van der Waals surface area contributed by atoms with Gasteiger partial charge < -0.3 is 9.64 Å². The molecule has 218 valence electrons. The summed E-state index contributed by atoms with van der Waals surface area (Å²) in [6, 6.07) is 18.5. The summed E-state index contributed by atoms with van der Waals surface area (Å²) in [6.07, 6.45) is 3.65. The summed E-state index contributed by atoms with van der Waals surface area (Å²) in [5.74, 6) is -0.794. The number of rotatable bonds is 7. The molecule has 9 nitrogen and oxygen atoms in total. The highest BCUT2D eigenvalue weighted by Gasteiger charge is 2.44. The topological polar surface area (TPSA) is 100 Å². The Morgan fingerprint density at radius 2 is 1.71 bits per heavy atom. The molecule has 2 fully saturated rings. The molecule has 3 amide bonds. The van der Waals surface area contributed by atoms with Gasteiger partial charge in [-0.15, -0.1) is 0 Å². The lowest BCUT2D eigenvalue weighted by atomic mass is 9.87. The Bertz CT molecular complexity index is 1430. The number of ketones is 1. The van der Waals surface area contributed by atoms with Gasteiger partial charge in [0, 0.05) is 30.2 Å². The Morgan fingerprint density at radius 1 is 1.00 bits per heavy atom. The van der Waals surface area contributed by atoms with Gasteiger partial charge in [0.1, 0.15) is 18.7 Å². The third-order valence-corrected chi connectivity index (χ3v) is 7.76. The van der Waals surface area contributed by atoms with Crippen molar-refractivity contribution in [2.75, 3.05) is 24.5 Å². The summed E-state index contributed by atoms with van der Waals surface area (Å²) < 4.78 is 5.59. The van der Waals surface area contributed by atoms with Crippen molar-refractivity contribution in [3.63, 3.8) is 0 Å². The van der Waals surface area contributed by atoms with Crippen molar-refractivity contribution in [3.05, 3.63) is 95.8 Å². The van der Waals surface area contributed by atoms with E-state index < -0.39 is 18.2 Å². The molecule has 2 aliphatic rings. The van der Waals surface area contributed by atoms with Crippen molar-refractivity contribution < 1.29 is 23.9 Å². The second-order valence-electron chi connectivity index (χ2n) is 11.8. The monoisotopic (exact) mass is 568 g/mol. The Balaban J connectivity index is 1.50. The zero-order valence-corrected chi connectivity index (χ0v) is 24.2. The third-order valence-electron chi connectivity index (χ3n) is 7.76. The van der Waals surface area contributed by atoms with Gasteiger partial charge in [0.25, 0.3) is 11.8 Å². The van der Waals surface area contributed by atoms with E-state index in [1.54, 1.807) is 24.5 Å². The zero-order valence-electron chi connectivity index (χ0n) is 24.2. The summed E-state index contributed by atoms with van der Waals surface area (Å²) in [5.41, 5.74) is 2.84. The van der Waals surface area contributed by atoms with Gasteiger partial charge in [-0.3, -0.25) is 29.2 Å². The third kappa shape index (κ3) is 6.20. The van der Waals surface area contributed by atoms with Crippen molar-refractivity contribution in [1.82, 2.24) is 14.8 Å².